The zero-order valence-corrected chi connectivity index (χ0v) is 12.1. The lowest BCUT2D eigenvalue weighted by molar-refractivity contribution is 0.0522. The molecule has 0 bridgehead atoms. The Balaban J connectivity index is 2.05. The van der Waals surface area contributed by atoms with E-state index in [1.54, 1.807) is 19.1 Å². The van der Waals surface area contributed by atoms with E-state index in [0.717, 1.165) is 6.20 Å². The quantitative estimate of drug-likeness (QED) is 0.727. The van der Waals surface area contributed by atoms with E-state index in [9.17, 15) is 13.2 Å². The number of H-pyrrole nitrogens is 1. The molecule has 0 aromatic carbocycles. The van der Waals surface area contributed by atoms with Gasteiger partial charge in [0, 0.05) is 13.0 Å². The van der Waals surface area contributed by atoms with Gasteiger partial charge in [-0.2, -0.15) is 5.10 Å². The van der Waals surface area contributed by atoms with Crippen molar-refractivity contribution in [1.82, 2.24) is 14.9 Å². The van der Waals surface area contributed by atoms with E-state index >= 15 is 0 Å². The van der Waals surface area contributed by atoms with Crippen molar-refractivity contribution in [2.24, 2.45) is 0 Å². The first-order chi connectivity index (χ1) is 10.0. The van der Waals surface area contributed by atoms with Gasteiger partial charge in [-0.1, -0.05) is 0 Å². The Morgan fingerprint density at radius 2 is 2.33 bits per heavy atom. The number of hydrogen-bond acceptors (Lipinski definition) is 6. The summed E-state index contributed by atoms with van der Waals surface area (Å²) in [5.41, 5.74) is -0.123. The van der Waals surface area contributed by atoms with Crippen molar-refractivity contribution in [2.45, 2.75) is 18.4 Å². The maximum Gasteiger partial charge on any atom is 0.342 e. The smallest absolute Gasteiger partial charge is 0.342 e. The summed E-state index contributed by atoms with van der Waals surface area (Å²) in [5, 5.41) is 5.59. The van der Waals surface area contributed by atoms with E-state index in [-0.39, 0.29) is 23.7 Å². The molecule has 0 atom stereocenters. The topological polar surface area (TPSA) is 114 Å². The van der Waals surface area contributed by atoms with Gasteiger partial charge in [0.1, 0.15) is 11.3 Å². The van der Waals surface area contributed by atoms with Gasteiger partial charge in [-0.3, -0.25) is 5.10 Å². The average molecular weight is 313 g/mol. The Kier molecular flexibility index (Phi) is 4.76. The van der Waals surface area contributed by atoms with Crippen LogP contribution in [0.25, 0.3) is 0 Å². The van der Waals surface area contributed by atoms with Crippen molar-refractivity contribution in [3.8, 4) is 0 Å². The van der Waals surface area contributed by atoms with Crippen LogP contribution in [-0.2, 0) is 21.2 Å². The summed E-state index contributed by atoms with van der Waals surface area (Å²) in [6, 6.07) is 3.46. The number of furan rings is 1. The number of hydrogen-bond donors (Lipinski definition) is 2. The molecule has 2 rings (SSSR count). The van der Waals surface area contributed by atoms with E-state index in [1.807, 2.05) is 0 Å². The van der Waals surface area contributed by atoms with Gasteiger partial charge >= 0.3 is 5.97 Å². The lowest BCUT2D eigenvalue weighted by Crippen LogP contribution is -2.27. The molecule has 0 radical (unpaired) electrons. The number of aromatic nitrogens is 2. The van der Waals surface area contributed by atoms with Crippen LogP contribution in [0, 0.1) is 0 Å². The lowest BCUT2D eigenvalue weighted by atomic mass is 10.3. The molecule has 0 aliphatic carbocycles. The Morgan fingerprint density at radius 3 is 3.00 bits per heavy atom. The number of carbonyl (C=O) groups excluding carboxylic acids is 1. The number of nitrogens with zero attached hydrogens (tertiary/aromatic N) is 1. The van der Waals surface area contributed by atoms with Crippen molar-refractivity contribution in [1.29, 1.82) is 0 Å². The molecule has 2 N–H and O–H groups in total. The third kappa shape index (κ3) is 3.70. The predicted molar refractivity (Wildman–Crippen MR) is 72.1 cm³/mol. The minimum atomic E-state index is -3.87. The Labute approximate surface area is 121 Å². The zero-order chi connectivity index (χ0) is 15.3. The van der Waals surface area contributed by atoms with Crippen LogP contribution in [0.5, 0.6) is 0 Å². The molecule has 2 aromatic rings. The third-order valence-electron chi connectivity index (χ3n) is 2.61. The summed E-state index contributed by atoms with van der Waals surface area (Å²) in [7, 11) is -3.87. The summed E-state index contributed by atoms with van der Waals surface area (Å²) >= 11 is 0. The highest BCUT2D eigenvalue weighted by molar-refractivity contribution is 7.89. The number of esters is 1. The summed E-state index contributed by atoms with van der Waals surface area (Å²) in [6.07, 6.45) is 3.03. The van der Waals surface area contributed by atoms with Crippen molar-refractivity contribution in [3.63, 3.8) is 0 Å². The van der Waals surface area contributed by atoms with Gasteiger partial charge in [0.15, 0.2) is 5.03 Å². The van der Waals surface area contributed by atoms with Crippen molar-refractivity contribution < 1.29 is 22.4 Å². The van der Waals surface area contributed by atoms with E-state index in [2.05, 4.69) is 14.9 Å². The molecule has 0 amide bonds. The number of carbonyl (C=O) groups is 1. The van der Waals surface area contributed by atoms with Gasteiger partial charge in [0.05, 0.1) is 19.1 Å². The second-order valence-electron chi connectivity index (χ2n) is 4.06. The number of ether oxygens (including phenoxy) is 1. The lowest BCUT2D eigenvalue weighted by Gasteiger charge is -2.06. The Hall–Kier alpha value is -2.13. The molecule has 0 aliphatic rings. The van der Waals surface area contributed by atoms with E-state index in [4.69, 9.17) is 9.15 Å². The molecule has 2 aromatic heterocycles. The summed E-state index contributed by atoms with van der Waals surface area (Å²) in [6.45, 7) is 1.92. The maximum atomic E-state index is 12.1. The Bertz CT molecular complexity index is 690. The number of aromatic amines is 1. The molecule has 0 saturated carbocycles. The second kappa shape index (κ2) is 6.55. The highest BCUT2D eigenvalue weighted by Gasteiger charge is 2.25. The van der Waals surface area contributed by atoms with Gasteiger partial charge < -0.3 is 9.15 Å². The molecule has 21 heavy (non-hydrogen) atoms. The molecule has 0 saturated heterocycles. The van der Waals surface area contributed by atoms with Gasteiger partial charge in [-0.25, -0.2) is 17.9 Å². The minimum Gasteiger partial charge on any atom is -0.469 e. The molecule has 8 nitrogen and oxygen atoms in total. The van der Waals surface area contributed by atoms with Crippen LogP contribution in [0.15, 0.2) is 34.0 Å². The van der Waals surface area contributed by atoms with Gasteiger partial charge in [0.2, 0.25) is 0 Å². The summed E-state index contributed by atoms with van der Waals surface area (Å²) in [4.78, 5) is 11.6. The fourth-order valence-electron chi connectivity index (χ4n) is 1.67. The van der Waals surface area contributed by atoms with Crippen LogP contribution < -0.4 is 4.72 Å². The molecule has 0 aliphatic heterocycles. The maximum absolute atomic E-state index is 12.1. The molecule has 114 valence electrons. The molecule has 0 unspecified atom stereocenters. The van der Waals surface area contributed by atoms with Gasteiger partial charge in [0.25, 0.3) is 10.0 Å². The SMILES string of the molecule is CCOC(=O)c1cn[nH]c1S(=O)(=O)NCCc1ccco1. The summed E-state index contributed by atoms with van der Waals surface area (Å²) < 4.78 is 36.5. The van der Waals surface area contributed by atoms with E-state index in [1.165, 1.54) is 6.26 Å². The monoisotopic (exact) mass is 313 g/mol. The molecular weight excluding hydrogens is 298 g/mol. The Morgan fingerprint density at radius 1 is 1.52 bits per heavy atom. The first-order valence-corrected chi connectivity index (χ1v) is 7.75. The average Bonchev–Trinajstić information content (AvgIpc) is 3.10. The third-order valence-corrected chi connectivity index (χ3v) is 4.04. The molecule has 0 fully saturated rings. The zero-order valence-electron chi connectivity index (χ0n) is 11.3. The van der Waals surface area contributed by atoms with E-state index < -0.39 is 16.0 Å². The van der Waals surface area contributed by atoms with E-state index in [0.29, 0.717) is 12.2 Å². The molecule has 0 spiro atoms. The van der Waals surface area contributed by atoms with Crippen LogP contribution in [-0.4, -0.2) is 37.7 Å². The first kappa shape index (κ1) is 15.3. The van der Waals surface area contributed by atoms with Crippen LogP contribution in [0.4, 0.5) is 0 Å². The van der Waals surface area contributed by atoms with Gasteiger partial charge in [-0.15, -0.1) is 0 Å². The van der Waals surface area contributed by atoms with Crippen LogP contribution in [0.1, 0.15) is 23.0 Å². The standard InChI is InChI=1S/C12H15N3O5S/c1-2-19-12(16)10-8-13-15-11(10)21(17,18)14-6-5-9-4-3-7-20-9/h3-4,7-8,14H,2,5-6H2,1H3,(H,13,15). The number of sulfonamides is 1. The van der Waals surface area contributed by atoms with Crippen LogP contribution in [0.2, 0.25) is 0 Å². The minimum absolute atomic E-state index is 0.123. The normalized spacial score (nSPS) is 11.5. The summed E-state index contributed by atoms with van der Waals surface area (Å²) in [5.74, 6) is -0.0782. The fourth-order valence-corrected chi connectivity index (χ4v) is 2.78. The van der Waals surface area contributed by atoms with Crippen LogP contribution in [0.3, 0.4) is 0 Å². The molecular formula is C12H15N3O5S. The van der Waals surface area contributed by atoms with Crippen molar-refractivity contribution in [2.75, 3.05) is 13.2 Å². The molecule has 2 heterocycles. The number of rotatable bonds is 7. The molecule has 9 heteroatoms. The second-order valence-corrected chi connectivity index (χ2v) is 5.76. The van der Waals surface area contributed by atoms with Crippen molar-refractivity contribution in [3.05, 3.63) is 35.9 Å². The largest absolute Gasteiger partial charge is 0.469 e. The first-order valence-electron chi connectivity index (χ1n) is 6.27. The number of nitrogens with one attached hydrogen (secondary N) is 2. The predicted octanol–water partition coefficient (Wildman–Crippen LogP) is 0.700. The highest BCUT2D eigenvalue weighted by atomic mass is 32.2. The van der Waals surface area contributed by atoms with Gasteiger partial charge in [-0.05, 0) is 19.1 Å². The highest BCUT2D eigenvalue weighted by Crippen LogP contribution is 2.13. The fraction of sp³-hybridized carbons (Fsp3) is 0.333. The van der Waals surface area contributed by atoms with Crippen molar-refractivity contribution >= 4 is 16.0 Å². The van der Waals surface area contributed by atoms with Crippen LogP contribution >= 0.6 is 0 Å².